The molecular formula is C7H10Cl4. The Morgan fingerprint density at radius 2 is 1.55 bits per heavy atom. The van der Waals surface area contributed by atoms with Gasteiger partial charge in [0, 0.05) is 11.3 Å². The second kappa shape index (κ2) is 3.91. The lowest BCUT2D eigenvalue weighted by Gasteiger charge is -2.32. The zero-order valence-corrected chi connectivity index (χ0v) is 9.02. The van der Waals surface area contributed by atoms with Crippen molar-refractivity contribution in [3.63, 3.8) is 0 Å². The van der Waals surface area contributed by atoms with E-state index in [4.69, 9.17) is 46.4 Å². The maximum Gasteiger partial charge on any atom is 0.194 e. The molecule has 0 amide bonds. The van der Waals surface area contributed by atoms with Gasteiger partial charge in [-0.25, -0.2) is 0 Å². The first-order valence-electron chi connectivity index (χ1n) is 3.72. The Bertz CT molecular complexity index is 129. The summed E-state index contributed by atoms with van der Waals surface area (Å²) in [5.41, 5.74) is 0. The number of rotatable bonds is 0. The van der Waals surface area contributed by atoms with Gasteiger partial charge in [-0.15, -0.1) is 11.6 Å². The van der Waals surface area contributed by atoms with Crippen molar-refractivity contribution in [3.8, 4) is 0 Å². The molecule has 0 nitrogen and oxygen atoms in total. The SMILES string of the molecule is Cl[C@@H]1CCCC[C@@H]1C(Cl)(Cl)Cl. The maximum absolute atomic E-state index is 6.01. The van der Waals surface area contributed by atoms with Gasteiger partial charge in [-0.1, -0.05) is 47.6 Å². The van der Waals surface area contributed by atoms with E-state index in [9.17, 15) is 0 Å². The summed E-state index contributed by atoms with van der Waals surface area (Å²) in [6, 6.07) is 0. The monoisotopic (exact) mass is 234 g/mol. The standard InChI is InChI=1S/C7H10Cl4/c8-6-4-2-1-3-5(6)7(9,10)11/h5-6H,1-4H2/t5-,6+/m0/s1. The van der Waals surface area contributed by atoms with Gasteiger partial charge in [-0.05, 0) is 12.8 Å². The van der Waals surface area contributed by atoms with Crippen LogP contribution < -0.4 is 0 Å². The maximum atomic E-state index is 6.01. The molecular weight excluding hydrogens is 226 g/mol. The van der Waals surface area contributed by atoms with Crippen LogP contribution in [0.15, 0.2) is 0 Å². The predicted molar refractivity (Wildman–Crippen MR) is 51.9 cm³/mol. The molecule has 1 aliphatic rings. The van der Waals surface area contributed by atoms with E-state index < -0.39 is 3.79 Å². The number of hydrogen-bond acceptors (Lipinski definition) is 0. The molecule has 0 spiro atoms. The second-order valence-electron chi connectivity index (χ2n) is 2.95. The summed E-state index contributed by atoms with van der Waals surface area (Å²) in [6.07, 6.45) is 4.19. The van der Waals surface area contributed by atoms with Gasteiger partial charge in [-0.2, -0.15) is 0 Å². The molecule has 0 aliphatic heterocycles. The fraction of sp³-hybridized carbons (Fsp3) is 1.00. The zero-order valence-electron chi connectivity index (χ0n) is 5.99. The first-order chi connectivity index (χ1) is 5.02. The van der Waals surface area contributed by atoms with Crippen molar-refractivity contribution in [3.05, 3.63) is 0 Å². The van der Waals surface area contributed by atoms with Crippen LogP contribution in [0.25, 0.3) is 0 Å². The molecule has 0 bridgehead atoms. The van der Waals surface area contributed by atoms with Gasteiger partial charge in [0.15, 0.2) is 3.79 Å². The van der Waals surface area contributed by atoms with E-state index in [1.165, 1.54) is 0 Å². The average Bonchev–Trinajstić information content (AvgIpc) is 1.86. The zero-order chi connectivity index (χ0) is 8.48. The fourth-order valence-corrected chi connectivity index (χ4v) is 2.90. The quantitative estimate of drug-likeness (QED) is 0.554. The fourth-order valence-electron chi connectivity index (χ4n) is 1.45. The van der Waals surface area contributed by atoms with Crippen LogP contribution in [0.3, 0.4) is 0 Å². The molecule has 1 fully saturated rings. The second-order valence-corrected chi connectivity index (χ2v) is 5.88. The number of alkyl halides is 4. The van der Waals surface area contributed by atoms with E-state index in [0.29, 0.717) is 0 Å². The minimum atomic E-state index is -1.17. The molecule has 0 aromatic heterocycles. The van der Waals surface area contributed by atoms with Crippen molar-refractivity contribution in [1.82, 2.24) is 0 Å². The minimum Gasteiger partial charge on any atom is -0.123 e. The Morgan fingerprint density at radius 3 is 1.91 bits per heavy atom. The van der Waals surface area contributed by atoms with Crippen LogP contribution in [0.1, 0.15) is 25.7 Å². The molecule has 66 valence electrons. The molecule has 0 unspecified atom stereocenters. The Morgan fingerprint density at radius 1 is 1.00 bits per heavy atom. The van der Waals surface area contributed by atoms with Crippen LogP contribution >= 0.6 is 46.4 Å². The molecule has 0 N–H and O–H groups in total. The molecule has 4 heteroatoms. The summed E-state index contributed by atoms with van der Waals surface area (Å²) in [5.74, 6) is 0.0305. The lowest BCUT2D eigenvalue weighted by molar-refractivity contribution is 0.370. The molecule has 11 heavy (non-hydrogen) atoms. The average molecular weight is 236 g/mol. The Hall–Kier alpha value is 1.16. The molecule has 1 saturated carbocycles. The van der Waals surface area contributed by atoms with Gasteiger partial charge >= 0.3 is 0 Å². The van der Waals surface area contributed by atoms with Gasteiger partial charge in [0.05, 0.1) is 0 Å². The summed E-state index contributed by atoms with van der Waals surface area (Å²) in [4.78, 5) is 0. The third kappa shape index (κ3) is 2.84. The number of halogens is 4. The molecule has 0 radical (unpaired) electrons. The molecule has 0 aromatic carbocycles. The summed E-state index contributed by atoms with van der Waals surface area (Å²) < 4.78 is -1.17. The highest BCUT2D eigenvalue weighted by Crippen LogP contribution is 2.44. The van der Waals surface area contributed by atoms with E-state index in [1.54, 1.807) is 0 Å². The molecule has 0 aromatic rings. The summed E-state index contributed by atoms with van der Waals surface area (Å²) in [7, 11) is 0. The summed E-state index contributed by atoms with van der Waals surface area (Å²) >= 11 is 23.3. The molecule has 1 aliphatic carbocycles. The van der Waals surface area contributed by atoms with Gasteiger partial charge in [-0.3, -0.25) is 0 Å². The van der Waals surface area contributed by atoms with Crippen LogP contribution in [0.4, 0.5) is 0 Å². The largest absolute Gasteiger partial charge is 0.194 e. The van der Waals surface area contributed by atoms with Gasteiger partial charge in [0.25, 0.3) is 0 Å². The van der Waals surface area contributed by atoms with Crippen molar-refractivity contribution in [1.29, 1.82) is 0 Å². The van der Waals surface area contributed by atoms with Gasteiger partial charge in [0.1, 0.15) is 0 Å². The van der Waals surface area contributed by atoms with Gasteiger partial charge < -0.3 is 0 Å². The highest BCUT2D eigenvalue weighted by atomic mass is 35.6. The molecule has 0 saturated heterocycles. The molecule has 1 rings (SSSR count). The molecule has 2 atom stereocenters. The smallest absolute Gasteiger partial charge is 0.123 e. The van der Waals surface area contributed by atoms with Crippen molar-refractivity contribution in [2.24, 2.45) is 5.92 Å². The van der Waals surface area contributed by atoms with E-state index in [0.717, 1.165) is 25.7 Å². The van der Waals surface area contributed by atoms with Crippen LogP contribution in [-0.4, -0.2) is 9.17 Å². The highest BCUT2D eigenvalue weighted by molar-refractivity contribution is 6.67. The van der Waals surface area contributed by atoms with Crippen LogP contribution in [0, 0.1) is 5.92 Å². The Kier molecular flexibility index (Phi) is 3.64. The van der Waals surface area contributed by atoms with Crippen molar-refractivity contribution < 1.29 is 0 Å². The first kappa shape index (κ1) is 10.2. The Balaban J connectivity index is 2.55. The Labute approximate surface area is 87.1 Å². The number of hydrogen-bond donors (Lipinski definition) is 0. The minimum absolute atomic E-state index is 0.0305. The first-order valence-corrected chi connectivity index (χ1v) is 5.29. The van der Waals surface area contributed by atoms with E-state index in [-0.39, 0.29) is 11.3 Å². The third-order valence-corrected chi connectivity index (χ3v) is 3.47. The summed E-state index contributed by atoms with van der Waals surface area (Å²) in [5, 5.41) is 0.0382. The highest BCUT2D eigenvalue weighted by Gasteiger charge is 2.38. The van der Waals surface area contributed by atoms with Gasteiger partial charge in [0.2, 0.25) is 0 Å². The predicted octanol–water partition coefficient (Wildman–Crippen LogP) is 4.15. The normalized spacial score (nSPS) is 33.8. The lowest BCUT2D eigenvalue weighted by Crippen LogP contribution is -2.31. The summed E-state index contributed by atoms with van der Waals surface area (Å²) in [6.45, 7) is 0. The van der Waals surface area contributed by atoms with Crippen LogP contribution in [-0.2, 0) is 0 Å². The van der Waals surface area contributed by atoms with E-state index in [2.05, 4.69) is 0 Å². The van der Waals surface area contributed by atoms with Crippen LogP contribution in [0.2, 0.25) is 0 Å². The van der Waals surface area contributed by atoms with Crippen LogP contribution in [0.5, 0.6) is 0 Å². The topological polar surface area (TPSA) is 0 Å². The lowest BCUT2D eigenvalue weighted by atomic mass is 9.90. The van der Waals surface area contributed by atoms with Crippen molar-refractivity contribution in [2.45, 2.75) is 34.9 Å². The van der Waals surface area contributed by atoms with E-state index >= 15 is 0 Å². The molecule has 0 heterocycles. The third-order valence-electron chi connectivity index (χ3n) is 2.10. The van der Waals surface area contributed by atoms with Crippen molar-refractivity contribution in [2.75, 3.05) is 0 Å². The van der Waals surface area contributed by atoms with Crippen molar-refractivity contribution >= 4 is 46.4 Å². The van der Waals surface area contributed by atoms with E-state index in [1.807, 2.05) is 0 Å².